The highest BCUT2D eigenvalue weighted by molar-refractivity contribution is 6.11. The number of nitrogens with zero attached hydrogens (tertiary/aromatic N) is 2. The second-order valence-electron chi connectivity index (χ2n) is 5.66. The predicted molar refractivity (Wildman–Crippen MR) is 89.9 cm³/mol. The van der Waals surface area contributed by atoms with Crippen LogP contribution in [0.5, 0.6) is 5.75 Å². The van der Waals surface area contributed by atoms with Crippen LogP contribution < -0.4 is 11.5 Å². The standard InChI is InChI=1S/C17H18N4O2/c1-8-4-7-12(22)10(3)14(8)21-15(18)13(16(19)23)11-6-5-9(2)20-17(11)21/h4-7,22H,18H2,1-3H3,(H2,19,23). The van der Waals surface area contributed by atoms with Crippen LogP contribution in [-0.4, -0.2) is 20.6 Å². The Morgan fingerprint density at radius 1 is 1.17 bits per heavy atom. The highest BCUT2D eigenvalue weighted by Crippen LogP contribution is 2.35. The van der Waals surface area contributed by atoms with E-state index >= 15 is 0 Å². The van der Waals surface area contributed by atoms with Crippen molar-refractivity contribution in [1.82, 2.24) is 9.55 Å². The zero-order valence-electron chi connectivity index (χ0n) is 13.2. The number of phenolic OH excluding ortho intramolecular Hbond substituents is 1. The molecule has 1 amide bonds. The molecule has 6 nitrogen and oxygen atoms in total. The van der Waals surface area contributed by atoms with Crippen molar-refractivity contribution in [3.05, 3.63) is 46.6 Å². The van der Waals surface area contributed by atoms with E-state index in [1.54, 1.807) is 35.8 Å². The Labute approximate surface area is 133 Å². The van der Waals surface area contributed by atoms with Crippen LogP contribution in [0.25, 0.3) is 16.7 Å². The van der Waals surface area contributed by atoms with Gasteiger partial charge in [-0.2, -0.15) is 0 Å². The second-order valence-corrected chi connectivity index (χ2v) is 5.66. The summed E-state index contributed by atoms with van der Waals surface area (Å²) in [6.07, 6.45) is 0. The summed E-state index contributed by atoms with van der Waals surface area (Å²) in [4.78, 5) is 16.4. The van der Waals surface area contributed by atoms with Gasteiger partial charge in [0.1, 0.15) is 17.2 Å². The molecule has 2 heterocycles. The molecule has 0 atom stereocenters. The minimum atomic E-state index is -0.604. The first-order valence-corrected chi connectivity index (χ1v) is 7.19. The molecule has 5 N–H and O–H groups in total. The maximum absolute atomic E-state index is 11.9. The highest BCUT2D eigenvalue weighted by Gasteiger charge is 2.23. The van der Waals surface area contributed by atoms with Crippen LogP contribution in [0.1, 0.15) is 27.2 Å². The van der Waals surface area contributed by atoms with Gasteiger partial charge in [-0.25, -0.2) is 4.98 Å². The number of rotatable bonds is 2. The molecule has 0 aliphatic rings. The zero-order valence-corrected chi connectivity index (χ0v) is 13.2. The van der Waals surface area contributed by atoms with E-state index in [-0.39, 0.29) is 17.1 Å². The Hall–Kier alpha value is -3.02. The Kier molecular flexibility index (Phi) is 3.25. The number of aromatic hydroxyl groups is 1. The summed E-state index contributed by atoms with van der Waals surface area (Å²) in [5.74, 6) is -0.227. The zero-order chi connectivity index (χ0) is 16.9. The molecular formula is C17H18N4O2. The number of pyridine rings is 1. The lowest BCUT2D eigenvalue weighted by Crippen LogP contribution is -2.14. The number of anilines is 1. The normalized spacial score (nSPS) is 11.1. The molecule has 0 unspecified atom stereocenters. The molecule has 0 saturated carbocycles. The van der Waals surface area contributed by atoms with Crippen LogP contribution in [0, 0.1) is 20.8 Å². The number of amides is 1. The minimum Gasteiger partial charge on any atom is -0.508 e. The van der Waals surface area contributed by atoms with Crippen molar-refractivity contribution >= 4 is 22.8 Å². The molecule has 3 rings (SSSR count). The molecule has 0 saturated heterocycles. The summed E-state index contributed by atoms with van der Waals surface area (Å²) in [6.45, 7) is 5.56. The van der Waals surface area contributed by atoms with E-state index in [1.807, 2.05) is 13.8 Å². The largest absolute Gasteiger partial charge is 0.508 e. The topological polar surface area (TPSA) is 107 Å². The number of primary amides is 1. The first-order chi connectivity index (χ1) is 10.8. The molecule has 1 aromatic carbocycles. The van der Waals surface area contributed by atoms with Crippen molar-refractivity contribution in [1.29, 1.82) is 0 Å². The monoisotopic (exact) mass is 310 g/mol. The van der Waals surface area contributed by atoms with Gasteiger partial charge in [0.2, 0.25) is 0 Å². The number of aromatic nitrogens is 2. The van der Waals surface area contributed by atoms with Crippen LogP contribution in [0.15, 0.2) is 24.3 Å². The molecule has 118 valence electrons. The van der Waals surface area contributed by atoms with Gasteiger partial charge in [-0.05, 0) is 44.5 Å². The third kappa shape index (κ3) is 2.11. The molecule has 0 aliphatic carbocycles. The number of hydrogen-bond donors (Lipinski definition) is 3. The highest BCUT2D eigenvalue weighted by atomic mass is 16.3. The number of nitrogen functional groups attached to an aromatic ring is 1. The van der Waals surface area contributed by atoms with Gasteiger partial charge in [0.05, 0.1) is 11.3 Å². The number of carbonyl (C=O) groups excluding carboxylic acids is 1. The molecule has 23 heavy (non-hydrogen) atoms. The summed E-state index contributed by atoms with van der Waals surface area (Å²) in [5.41, 5.74) is 15.6. The average Bonchev–Trinajstić information content (AvgIpc) is 2.76. The Morgan fingerprint density at radius 2 is 1.87 bits per heavy atom. The Morgan fingerprint density at radius 3 is 2.52 bits per heavy atom. The van der Waals surface area contributed by atoms with Gasteiger partial charge in [0.25, 0.3) is 5.91 Å². The molecule has 6 heteroatoms. The summed E-state index contributed by atoms with van der Waals surface area (Å²) >= 11 is 0. The van der Waals surface area contributed by atoms with E-state index in [4.69, 9.17) is 11.5 Å². The fraction of sp³-hybridized carbons (Fsp3) is 0.176. The fourth-order valence-corrected chi connectivity index (χ4v) is 2.93. The number of hydrogen-bond acceptors (Lipinski definition) is 4. The minimum absolute atomic E-state index is 0.153. The molecule has 3 aromatic rings. The lowest BCUT2D eigenvalue weighted by Gasteiger charge is -2.15. The fourth-order valence-electron chi connectivity index (χ4n) is 2.93. The maximum atomic E-state index is 11.9. The van der Waals surface area contributed by atoms with Crippen molar-refractivity contribution in [3.8, 4) is 11.4 Å². The van der Waals surface area contributed by atoms with Crippen LogP contribution in [-0.2, 0) is 0 Å². The van der Waals surface area contributed by atoms with Gasteiger partial charge in [0, 0.05) is 16.6 Å². The van der Waals surface area contributed by atoms with Gasteiger partial charge < -0.3 is 16.6 Å². The summed E-state index contributed by atoms with van der Waals surface area (Å²) in [6, 6.07) is 7.02. The first-order valence-electron chi connectivity index (χ1n) is 7.19. The number of fused-ring (bicyclic) bond motifs is 1. The molecule has 0 aliphatic heterocycles. The predicted octanol–water partition coefficient (Wildman–Crippen LogP) is 2.34. The Bertz CT molecular complexity index is 957. The van der Waals surface area contributed by atoms with E-state index in [9.17, 15) is 9.90 Å². The van der Waals surface area contributed by atoms with Crippen LogP contribution in [0.2, 0.25) is 0 Å². The molecule has 0 fully saturated rings. The van der Waals surface area contributed by atoms with Crippen molar-refractivity contribution in [2.75, 3.05) is 5.73 Å². The van der Waals surface area contributed by atoms with Gasteiger partial charge in [-0.15, -0.1) is 0 Å². The third-order valence-electron chi connectivity index (χ3n) is 4.07. The second kappa shape index (κ2) is 5.01. The van der Waals surface area contributed by atoms with E-state index in [2.05, 4.69) is 4.98 Å². The van der Waals surface area contributed by atoms with E-state index in [0.29, 0.717) is 22.3 Å². The first kappa shape index (κ1) is 14.9. The lowest BCUT2D eigenvalue weighted by atomic mass is 10.1. The van der Waals surface area contributed by atoms with E-state index < -0.39 is 5.91 Å². The van der Waals surface area contributed by atoms with Crippen molar-refractivity contribution in [2.45, 2.75) is 20.8 Å². The number of benzene rings is 1. The molecular weight excluding hydrogens is 292 g/mol. The van der Waals surface area contributed by atoms with Crippen molar-refractivity contribution in [3.63, 3.8) is 0 Å². The van der Waals surface area contributed by atoms with Crippen molar-refractivity contribution < 1.29 is 9.90 Å². The summed E-state index contributed by atoms with van der Waals surface area (Å²) in [7, 11) is 0. The van der Waals surface area contributed by atoms with Gasteiger partial charge >= 0.3 is 0 Å². The van der Waals surface area contributed by atoms with Gasteiger partial charge in [-0.3, -0.25) is 9.36 Å². The van der Waals surface area contributed by atoms with Crippen molar-refractivity contribution in [2.24, 2.45) is 5.73 Å². The average molecular weight is 310 g/mol. The maximum Gasteiger partial charge on any atom is 0.253 e. The number of carbonyl (C=O) groups is 1. The lowest BCUT2D eigenvalue weighted by molar-refractivity contribution is 0.100. The molecule has 0 radical (unpaired) electrons. The van der Waals surface area contributed by atoms with Crippen LogP contribution in [0.4, 0.5) is 5.82 Å². The number of nitrogens with two attached hydrogens (primary N) is 2. The Balaban J connectivity index is 2.53. The summed E-state index contributed by atoms with van der Waals surface area (Å²) < 4.78 is 1.69. The van der Waals surface area contributed by atoms with E-state index in [1.165, 1.54) is 0 Å². The van der Waals surface area contributed by atoms with Gasteiger partial charge in [0.15, 0.2) is 0 Å². The summed E-state index contributed by atoms with van der Waals surface area (Å²) in [5, 5.41) is 10.7. The number of aryl methyl sites for hydroxylation is 2. The molecule has 0 spiro atoms. The van der Waals surface area contributed by atoms with E-state index in [0.717, 1.165) is 11.3 Å². The third-order valence-corrected chi connectivity index (χ3v) is 4.07. The SMILES string of the molecule is Cc1ccc2c(C(N)=O)c(N)n(-c3c(C)ccc(O)c3C)c2n1. The number of phenols is 1. The van der Waals surface area contributed by atoms with Crippen LogP contribution >= 0.6 is 0 Å². The quantitative estimate of drug-likeness (QED) is 0.675. The smallest absolute Gasteiger partial charge is 0.253 e. The van der Waals surface area contributed by atoms with Crippen LogP contribution in [0.3, 0.4) is 0 Å². The van der Waals surface area contributed by atoms with Gasteiger partial charge in [-0.1, -0.05) is 6.07 Å². The molecule has 2 aromatic heterocycles. The molecule has 0 bridgehead atoms.